The molecule has 6 nitrogen and oxygen atoms in total. The maximum absolute atomic E-state index is 13.2. The van der Waals surface area contributed by atoms with Crippen molar-refractivity contribution >= 4 is 10.0 Å². The normalized spacial score (nSPS) is 19.8. The first kappa shape index (κ1) is 16.1. The summed E-state index contributed by atoms with van der Waals surface area (Å²) in [5.74, 6) is -0.655. The predicted octanol–water partition coefficient (Wildman–Crippen LogP) is 1.46. The summed E-state index contributed by atoms with van der Waals surface area (Å²) in [6.45, 7) is 0.861. The third kappa shape index (κ3) is 3.77. The van der Waals surface area contributed by atoms with Crippen LogP contribution >= 0.6 is 0 Å². The molecule has 0 amide bonds. The highest BCUT2D eigenvalue weighted by atomic mass is 32.2. The number of halogens is 1. The maximum atomic E-state index is 13.2. The van der Waals surface area contributed by atoms with Crippen molar-refractivity contribution in [1.29, 1.82) is 0 Å². The lowest BCUT2D eigenvalue weighted by Gasteiger charge is -2.31. The monoisotopic (exact) mass is 339 g/mol. The number of sulfonamides is 1. The number of rotatable bonds is 4. The van der Waals surface area contributed by atoms with Gasteiger partial charge in [0.2, 0.25) is 10.0 Å². The highest BCUT2D eigenvalue weighted by molar-refractivity contribution is 7.88. The molecule has 0 aliphatic carbocycles. The van der Waals surface area contributed by atoms with Crippen LogP contribution in [0.15, 0.2) is 36.7 Å². The number of hydrogen-bond donors (Lipinski definition) is 0. The Morgan fingerprint density at radius 3 is 2.96 bits per heavy atom. The number of morpholine rings is 1. The molecule has 8 heteroatoms. The molecule has 0 spiro atoms. The summed E-state index contributed by atoms with van der Waals surface area (Å²) in [7, 11) is -1.73. The van der Waals surface area contributed by atoms with E-state index < -0.39 is 15.8 Å². The van der Waals surface area contributed by atoms with Gasteiger partial charge in [-0.3, -0.25) is 4.68 Å². The van der Waals surface area contributed by atoms with Crippen LogP contribution in [0.2, 0.25) is 0 Å². The van der Waals surface area contributed by atoms with Gasteiger partial charge in [0.15, 0.2) is 0 Å². The van der Waals surface area contributed by atoms with E-state index in [0.717, 1.165) is 5.56 Å². The van der Waals surface area contributed by atoms with Crippen LogP contribution in [0, 0.1) is 5.82 Å². The smallest absolute Gasteiger partial charge is 0.218 e. The number of nitrogens with zero attached hydrogens (tertiary/aromatic N) is 3. The minimum absolute atomic E-state index is 0.218. The van der Waals surface area contributed by atoms with Crippen molar-refractivity contribution in [3.05, 3.63) is 53.6 Å². The first-order chi connectivity index (χ1) is 10.9. The van der Waals surface area contributed by atoms with Gasteiger partial charge in [0, 0.05) is 31.9 Å². The molecule has 0 saturated carbocycles. The second-order valence-corrected chi connectivity index (χ2v) is 7.52. The van der Waals surface area contributed by atoms with E-state index in [9.17, 15) is 12.8 Å². The van der Waals surface area contributed by atoms with Gasteiger partial charge in [-0.25, -0.2) is 12.8 Å². The zero-order chi connectivity index (χ0) is 16.4. The zero-order valence-corrected chi connectivity index (χ0v) is 13.5. The summed E-state index contributed by atoms with van der Waals surface area (Å²) in [6, 6.07) is 5.66. The Kier molecular flexibility index (Phi) is 4.47. The fraction of sp³-hybridized carbons (Fsp3) is 0.400. The number of aromatic nitrogens is 2. The molecular formula is C15H18FN3O3S. The van der Waals surface area contributed by atoms with Crippen LogP contribution in [-0.4, -0.2) is 42.2 Å². The van der Waals surface area contributed by atoms with Gasteiger partial charge in [0.05, 0.1) is 24.7 Å². The molecule has 2 aromatic rings. The van der Waals surface area contributed by atoms with E-state index in [1.54, 1.807) is 24.0 Å². The van der Waals surface area contributed by atoms with Crippen molar-refractivity contribution in [1.82, 2.24) is 14.1 Å². The van der Waals surface area contributed by atoms with E-state index in [0.29, 0.717) is 18.7 Å². The van der Waals surface area contributed by atoms with Gasteiger partial charge in [-0.1, -0.05) is 12.1 Å². The van der Waals surface area contributed by atoms with Crippen LogP contribution in [0.3, 0.4) is 0 Å². The van der Waals surface area contributed by atoms with Crippen LogP contribution in [-0.2, 0) is 27.6 Å². The summed E-state index contributed by atoms with van der Waals surface area (Å²) in [4.78, 5) is 0. The van der Waals surface area contributed by atoms with Crippen molar-refractivity contribution in [3.8, 4) is 0 Å². The van der Waals surface area contributed by atoms with Crippen LogP contribution in [0.1, 0.15) is 17.2 Å². The average molecular weight is 339 g/mol. The molecule has 1 aliphatic heterocycles. The molecule has 0 N–H and O–H groups in total. The first-order valence-corrected chi connectivity index (χ1v) is 8.87. The molecule has 1 aromatic carbocycles. The second-order valence-electron chi connectivity index (χ2n) is 5.55. The highest BCUT2D eigenvalue weighted by Gasteiger charge is 2.31. The third-order valence-corrected chi connectivity index (χ3v) is 5.57. The molecule has 1 atom stereocenters. The highest BCUT2D eigenvalue weighted by Crippen LogP contribution is 2.24. The summed E-state index contributed by atoms with van der Waals surface area (Å²) >= 11 is 0. The fourth-order valence-corrected chi connectivity index (χ4v) is 4.11. The molecule has 2 heterocycles. The van der Waals surface area contributed by atoms with Crippen LogP contribution in [0.5, 0.6) is 0 Å². The van der Waals surface area contributed by atoms with Gasteiger partial charge in [-0.15, -0.1) is 0 Å². The molecule has 1 aliphatic rings. The van der Waals surface area contributed by atoms with Gasteiger partial charge in [0.25, 0.3) is 0 Å². The van der Waals surface area contributed by atoms with E-state index >= 15 is 0 Å². The van der Waals surface area contributed by atoms with Gasteiger partial charge >= 0.3 is 0 Å². The topological polar surface area (TPSA) is 64.4 Å². The Hall–Kier alpha value is -1.77. The van der Waals surface area contributed by atoms with Crippen LogP contribution in [0.4, 0.5) is 4.39 Å². The molecule has 23 heavy (non-hydrogen) atoms. The van der Waals surface area contributed by atoms with Crippen molar-refractivity contribution in [2.75, 3.05) is 19.7 Å². The molecule has 1 saturated heterocycles. The van der Waals surface area contributed by atoms with Crippen molar-refractivity contribution < 1.29 is 17.5 Å². The molecule has 1 fully saturated rings. The number of aryl methyl sites for hydroxylation is 1. The van der Waals surface area contributed by atoms with E-state index in [-0.39, 0.29) is 18.4 Å². The van der Waals surface area contributed by atoms with Crippen molar-refractivity contribution in [3.63, 3.8) is 0 Å². The van der Waals surface area contributed by atoms with Crippen molar-refractivity contribution in [2.45, 2.75) is 11.9 Å². The lowest BCUT2D eigenvalue weighted by Crippen LogP contribution is -2.42. The Morgan fingerprint density at radius 2 is 2.26 bits per heavy atom. The summed E-state index contributed by atoms with van der Waals surface area (Å²) in [5, 5.41) is 4.08. The maximum Gasteiger partial charge on any atom is 0.218 e. The third-order valence-electron chi connectivity index (χ3n) is 3.76. The molecular weight excluding hydrogens is 321 g/mol. The summed E-state index contributed by atoms with van der Waals surface area (Å²) in [5.41, 5.74) is 1.28. The van der Waals surface area contributed by atoms with E-state index in [1.807, 2.05) is 6.20 Å². The quantitative estimate of drug-likeness (QED) is 0.846. The Labute approximate surface area is 134 Å². The largest absolute Gasteiger partial charge is 0.371 e. The Bertz CT molecular complexity index is 791. The standard InChI is InChI=1S/C15H18FN3O3S/c1-18-9-13(8-17-18)15-10-19(5-6-22-15)23(20,21)11-12-3-2-4-14(16)7-12/h2-4,7-9,15H,5-6,10-11H2,1H3/t15-/m1/s1. The number of ether oxygens (including phenoxy) is 1. The minimum Gasteiger partial charge on any atom is -0.371 e. The number of hydrogen-bond acceptors (Lipinski definition) is 4. The summed E-state index contributed by atoms with van der Waals surface area (Å²) < 4.78 is 47.1. The lowest BCUT2D eigenvalue weighted by atomic mass is 10.2. The van der Waals surface area contributed by atoms with Crippen LogP contribution < -0.4 is 0 Å². The molecule has 3 rings (SSSR count). The Balaban J connectivity index is 1.74. The predicted molar refractivity (Wildman–Crippen MR) is 82.5 cm³/mol. The van der Waals surface area contributed by atoms with Gasteiger partial charge < -0.3 is 4.74 Å². The van der Waals surface area contributed by atoms with E-state index in [1.165, 1.54) is 22.5 Å². The van der Waals surface area contributed by atoms with Gasteiger partial charge in [-0.05, 0) is 17.7 Å². The molecule has 1 aromatic heterocycles. The van der Waals surface area contributed by atoms with Gasteiger partial charge in [-0.2, -0.15) is 9.40 Å². The SMILES string of the molecule is Cn1cc([C@H]2CN(S(=O)(=O)Cc3cccc(F)c3)CCO2)cn1. The van der Waals surface area contributed by atoms with Crippen LogP contribution in [0.25, 0.3) is 0 Å². The minimum atomic E-state index is -3.53. The first-order valence-electron chi connectivity index (χ1n) is 7.26. The molecule has 124 valence electrons. The van der Waals surface area contributed by atoms with Gasteiger partial charge in [0.1, 0.15) is 5.82 Å². The van der Waals surface area contributed by atoms with E-state index in [4.69, 9.17) is 4.74 Å². The fourth-order valence-electron chi connectivity index (χ4n) is 2.62. The number of benzene rings is 1. The Morgan fingerprint density at radius 1 is 1.43 bits per heavy atom. The van der Waals surface area contributed by atoms with Crippen molar-refractivity contribution in [2.24, 2.45) is 7.05 Å². The molecule has 0 bridgehead atoms. The summed E-state index contributed by atoms with van der Waals surface area (Å²) in [6.07, 6.45) is 3.15. The zero-order valence-electron chi connectivity index (χ0n) is 12.7. The van der Waals surface area contributed by atoms with E-state index in [2.05, 4.69) is 5.10 Å². The average Bonchev–Trinajstić information content (AvgIpc) is 2.94. The second kappa shape index (κ2) is 6.38. The molecule has 0 unspecified atom stereocenters. The molecule has 0 radical (unpaired) electrons. The lowest BCUT2D eigenvalue weighted by molar-refractivity contribution is -0.00264.